The Morgan fingerprint density at radius 1 is 1.12 bits per heavy atom. The highest BCUT2D eigenvalue weighted by molar-refractivity contribution is 7.14. The lowest BCUT2D eigenvalue weighted by Gasteiger charge is -2.11. The number of hydrogen-bond acceptors (Lipinski definition) is 5. The van der Waals surface area contributed by atoms with Gasteiger partial charge in [0.15, 0.2) is 5.13 Å². The number of nitrogens with one attached hydrogen (secondary N) is 1. The van der Waals surface area contributed by atoms with Crippen LogP contribution in [0, 0.1) is 13.8 Å². The number of anilines is 1. The SMILES string of the molecule is Cc1ccc(-c2csc(N[C@@H]3OC(=O)c4ccccc43)n2)c(C)c1. The maximum absolute atomic E-state index is 11.9. The highest BCUT2D eigenvalue weighted by Crippen LogP contribution is 2.34. The average Bonchev–Trinajstić information content (AvgIpc) is 3.14. The number of thiazole rings is 1. The second-order valence-corrected chi connectivity index (χ2v) is 6.73. The van der Waals surface area contributed by atoms with E-state index in [0.29, 0.717) is 5.56 Å². The number of rotatable bonds is 3. The lowest BCUT2D eigenvalue weighted by molar-refractivity contribution is 0.0437. The second kappa shape index (κ2) is 5.76. The number of carbonyl (C=O) groups excluding carboxylic acids is 1. The van der Waals surface area contributed by atoms with Crippen LogP contribution < -0.4 is 5.32 Å². The smallest absolute Gasteiger partial charge is 0.340 e. The molecule has 5 heteroatoms. The number of carbonyl (C=O) groups is 1. The summed E-state index contributed by atoms with van der Waals surface area (Å²) < 4.78 is 5.41. The zero-order valence-electron chi connectivity index (χ0n) is 13.4. The molecular weight excluding hydrogens is 320 g/mol. The van der Waals surface area contributed by atoms with Gasteiger partial charge < -0.3 is 10.1 Å². The van der Waals surface area contributed by atoms with Crippen molar-refractivity contribution in [3.63, 3.8) is 0 Å². The van der Waals surface area contributed by atoms with Gasteiger partial charge in [0.25, 0.3) is 0 Å². The van der Waals surface area contributed by atoms with E-state index in [1.807, 2.05) is 23.6 Å². The molecule has 1 aliphatic rings. The lowest BCUT2D eigenvalue weighted by atomic mass is 10.0. The zero-order valence-corrected chi connectivity index (χ0v) is 14.2. The predicted molar refractivity (Wildman–Crippen MR) is 95.2 cm³/mol. The molecule has 0 fully saturated rings. The van der Waals surface area contributed by atoms with Gasteiger partial charge in [0.1, 0.15) is 0 Å². The van der Waals surface area contributed by atoms with Gasteiger partial charge in [-0.25, -0.2) is 9.78 Å². The third kappa shape index (κ3) is 2.57. The largest absolute Gasteiger partial charge is 0.434 e. The Bertz CT molecular complexity index is 933. The van der Waals surface area contributed by atoms with E-state index in [1.54, 1.807) is 6.07 Å². The molecule has 24 heavy (non-hydrogen) atoms. The van der Waals surface area contributed by atoms with Crippen molar-refractivity contribution in [2.45, 2.75) is 20.1 Å². The van der Waals surface area contributed by atoms with Crippen LogP contribution in [-0.4, -0.2) is 11.0 Å². The van der Waals surface area contributed by atoms with Gasteiger partial charge in [-0.2, -0.15) is 0 Å². The van der Waals surface area contributed by atoms with Crippen molar-refractivity contribution in [2.24, 2.45) is 0 Å². The topological polar surface area (TPSA) is 51.2 Å². The number of esters is 1. The van der Waals surface area contributed by atoms with Gasteiger partial charge >= 0.3 is 5.97 Å². The van der Waals surface area contributed by atoms with Crippen molar-refractivity contribution in [3.8, 4) is 11.3 Å². The van der Waals surface area contributed by atoms with Gasteiger partial charge in [-0.3, -0.25) is 0 Å². The molecule has 120 valence electrons. The fraction of sp³-hybridized carbons (Fsp3) is 0.158. The quantitative estimate of drug-likeness (QED) is 0.704. The van der Waals surface area contributed by atoms with Gasteiger partial charge in [0, 0.05) is 16.5 Å². The van der Waals surface area contributed by atoms with Crippen LogP contribution in [0.2, 0.25) is 0 Å². The van der Waals surface area contributed by atoms with E-state index >= 15 is 0 Å². The van der Waals surface area contributed by atoms with Gasteiger partial charge in [-0.1, -0.05) is 42.0 Å². The molecule has 0 saturated carbocycles. The molecule has 0 radical (unpaired) electrons. The third-order valence-electron chi connectivity index (χ3n) is 4.10. The molecule has 2 heterocycles. The number of hydrogen-bond donors (Lipinski definition) is 1. The first-order valence-electron chi connectivity index (χ1n) is 7.71. The summed E-state index contributed by atoms with van der Waals surface area (Å²) in [6.45, 7) is 4.17. The van der Waals surface area contributed by atoms with Crippen molar-refractivity contribution in [3.05, 3.63) is 70.1 Å². The van der Waals surface area contributed by atoms with Gasteiger partial charge in [-0.15, -0.1) is 11.3 Å². The molecule has 3 aromatic rings. The molecule has 4 nitrogen and oxygen atoms in total. The lowest BCUT2D eigenvalue weighted by Crippen LogP contribution is -2.10. The Balaban J connectivity index is 1.60. The number of aromatic nitrogens is 1. The molecule has 0 aliphatic carbocycles. The average molecular weight is 336 g/mol. The molecule has 1 atom stereocenters. The first-order chi connectivity index (χ1) is 11.6. The Labute approximate surface area is 144 Å². The van der Waals surface area contributed by atoms with Crippen molar-refractivity contribution < 1.29 is 9.53 Å². The maximum atomic E-state index is 11.9. The molecule has 1 aromatic heterocycles. The summed E-state index contributed by atoms with van der Waals surface area (Å²) in [6.07, 6.45) is -0.480. The van der Waals surface area contributed by atoms with E-state index < -0.39 is 6.23 Å². The molecule has 0 bridgehead atoms. The number of fused-ring (bicyclic) bond motifs is 1. The Hall–Kier alpha value is -2.66. The summed E-state index contributed by atoms with van der Waals surface area (Å²) in [4.78, 5) is 16.5. The first kappa shape index (κ1) is 14.9. The zero-order chi connectivity index (χ0) is 16.7. The first-order valence-corrected chi connectivity index (χ1v) is 8.59. The van der Waals surface area contributed by atoms with E-state index in [2.05, 4.69) is 42.3 Å². The summed E-state index contributed by atoms with van der Waals surface area (Å²) in [5, 5.41) is 5.96. The monoisotopic (exact) mass is 336 g/mol. The molecule has 0 unspecified atom stereocenters. The highest BCUT2D eigenvalue weighted by Gasteiger charge is 2.30. The second-order valence-electron chi connectivity index (χ2n) is 5.87. The minimum atomic E-state index is -0.480. The van der Waals surface area contributed by atoms with Crippen LogP contribution >= 0.6 is 11.3 Å². The van der Waals surface area contributed by atoms with Gasteiger partial charge in [0.2, 0.25) is 6.23 Å². The standard InChI is InChI=1S/C19H16N2O2S/c1-11-7-8-13(12(2)9-11)16-10-24-19(20-16)21-17-14-5-3-4-6-15(14)18(22)23-17/h3-10,17H,1-2H3,(H,20,21)/t17-/m1/s1. The van der Waals surface area contributed by atoms with E-state index in [4.69, 9.17) is 4.74 Å². The molecular formula is C19H16N2O2S. The predicted octanol–water partition coefficient (Wildman–Crippen LogP) is 4.71. The van der Waals surface area contributed by atoms with E-state index in [0.717, 1.165) is 22.0 Å². The summed E-state index contributed by atoms with van der Waals surface area (Å²) >= 11 is 1.51. The summed E-state index contributed by atoms with van der Waals surface area (Å²) in [6, 6.07) is 13.7. The molecule has 2 aromatic carbocycles. The van der Waals surface area contributed by atoms with Crippen molar-refractivity contribution in [2.75, 3.05) is 5.32 Å². The van der Waals surface area contributed by atoms with Crippen LogP contribution in [0.1, 0.15) is 33.3 Å². The van der Waals surface area contributed by atoms with Gasteiger partial charge in [-0.05, 0) is 25.5 Å². The number of benzene rings is 2. The Morgan fingerprint density at radius 3 is 2.79 bits per heavy atom. The normalized spacial score (nSPS) is 15.9. The molecule has 1 aliphatic heterocycles. The summed E-state index contributed by atoms with van der Waals surface area (Å²) in [7, 11) is 0. The van der Waals surface area contributed by atoms with Crippen LogP contribution in [0.5, 0.6) is 0 Å². The maximum Gasteiger partial charge on any atom is 0.340 e. The third-order valence-corrected chi connectivity index (χ3v) is 4.88. The van der Waals surface area contributed by atoms with Crippen molar-refractivity contribution in [1.29, 1.82) is 0 Å². The fourth-order valence-electron chi connectivity index (χ4n) is 2.93. The molecule has 4 rings (SSSR count). The minimum Gasteiger partial charge on any atom is -0.434 e. The number of cyclic esters (lactones) is 1. The summed E-state index contributed by atoms with van der Waals surface area (Å²) in [5.74, 6) is -0.297. The molecule has 1 N–H and O–H groups in total. The molecule has 0 saturated heterocycles. The van der Waals surface area contributed by atoms with Crippen LogP contribution in [-0.2, 0) is 4.74 Å². The van der Waals surface area contributed by atoms with Crippen molar-refractivity contribution in [1.82, 2.24) is 4.98 Å². The minimum absolute atomic E-state index is 0.297. The van der Waals surface area contributed by atoms with Crippen LogP contribution in [0.3, 0.4) is 0 Å². The van der Waals surface area contributed by atoms with E-state index in [-0.39, 0.29) is 5.97 Å². The molecule has 0 amide bonds. The van der Waals surface area contributed by atoms with Crippen molar-refractivity contribution >= 4 is 22.4 Å². The number of ether oxygens (including phenoxy) is 1. The molecule has 0 spiro atoms. The Kier molecular flexibility index (Phi) is 3.58. The van der Waals surface area contributed by atoms with E-state index in [1.165, 1.54) is 22.5 Å². The Morgan fingerprint density at radius 2 is 1.96 bits per heavy atom. The summed E-state index contributed by atoms with van der Waals surface area (Å²) in [5.41, 5.74) is 5.95. The number of nitrogens with zero attached hydrogens (tertiary/aromatic N) is 1. The van der Waals surface area contributed by atoms with Crippen LogP contribution in [0.15, 0.2) is 47.8 Å². The van der Waals surface area contributed by atoms with E-state index in [9.17, 15) is 4.79 Å². The van der Waals surface area contributed by atoms with Gasteiger partial charge in [0.05, 0.1) is 11.3 Å². The fourth-order valence-corrected chi connectivity index (χ4v) is 3.66. The van der Waals surface area contributed by atoms with Crippen LogP contribution in [0.25, 0.3) is 11.3 Å². The van der Waals surface area contributed by atoms with Crippen LogP contribution in [0.4, 0.5) is 5.13 Å². The highest BCUT2D eigenvalue weighted by atomic mass is 32.1. The number of aryl methyl sites for hydroxylation is 2.